The molecule has 0 aliphatic heterocycles. The Morgan fingerprint density at radius 3 is 2.20 bits per heavy atom. The van der Waals surface area contributed by atoms with Crippen molar-refractivity contribution < 1.29 is 23.9 Å². The van der Waals surface area contributed by atoms with E-state index in [0.717, 1.165) is 57.1 Å². The Hall–Kier alpha value is -5.78. The first-order chi connectivity index (χ1) is 27.3. The molecule has 0 fully saturated rings. The molecule has 6 rings (SSSR count). The third kappa shape index (κ3) is 9.71. The number of fused-ring (bicyclic) bond motifs is 4. The highest BCUT2D eigenvalue weighted by Crippen LogP contribution is 2.44. The van der Waals surface area contributed by atoms with Crippen LogP contribution in [0.15, 0.2) is 108 Å². The summed E-state index contributed by atoms with van der Waals surface area (Å²) in [6.07, 6.45) is 2.53. The lowest BCUT2D eigenvalue weighted by atomic mass is 9.98. The molecular weight excluding hydrogens is 707 g/mol. The van der Waals surface area contributed by atoms with E-state index >= 15 is 0 Å². The van der Waals surface area contributed by atoms with E-state index < -0.39 is 30.0 Å². The highest BCUT2D eigenvalue weighted by atomic mass is 16.5. The number of hydrogen-bond acceptors (Lipinski definition) is 7. The fourth-order valence-corrected chi connectivity index (χ4v) is 7.27. The maximum Gasteiger partial charge on any atom is 0.407 e. The minimum absolute atomic E-state index is 0.0702. The highest BCUT2D eigenvalue weighted by Gasteiger charge is 2.31. The van der Waals surface area contributed by atoms with Crippen molar-refractivity contribution in [2.75, 3.05) is 25.1 Å². The van der Waals surface area contributed by atoms with E-state index in [0.29, 0.717) is 38.0 Å². The van der Waals surface area contributed by atoms with Gasteiger partial charge in [0.25, 0.3) is 5.56 Å². The van der Waals surface area contributed by atoms with Gasteiger partial charge < -0.3 is 35.7 Å². The number of nitrogens with one attached hydrogen (secondary N) is 3. The molecule has 0 unspecified atom stereocenters. The highest BCUT2D eigenvalue weighted by molar-refractivity contribution is 5.99. The van der Waals surface area contributed by atoms with Crippen LogP contribution in [0.25, 0.3) is 22.0 Å². The van der Waals surface area contributed by atoms with Gasteiger partial charge in [-0.05, 0) is 84.7 Å². The van der Waals surface area contributed by atoms with Crippen molar-refractivity contribution in [2.45, 2.75) is 77.1 Å². The van der Waals surface area contributed by atoms with Crippen LogP contribution in [0.2, 0.25) is 0 Å². The quantitative estimate of drug-likeness (QED) is 0.0719. The number of pyridine rings is 1. The van der Waals surface area contributed by atoms with Crippen LogP contribution in [0.3, 0.4) is 0 Å². The molecule has 56 heavy (non-hydrogen) atoms. The lowest BCUT2D eigenvalue weighted by molar-refractivity contribution is -0.129. The zero-order valence-corrected chi connectivity index (χ0v) is 32.1. The number of nitrogens with two attached hydrogens (primary N) is 1. The van der Waals surface area contributed by atoms with Crippen molar-refractivity contribution in [3.63, 3.8) is 0 Å². The van der Waals surface area contributed by atoms with Crippen LogP contribution in [0.4, 0.5) is 10.5 Å². The molecule has 5 N–H and O–H groups in total. The number of ether oxygens (including phenoxy) is 2. The number of aryl methyl sites for hydroxylation is 2. The number of hydrogen-bond donors (Lipinski definition) is 4. The molecule has 1 aliphatic rings. The summed E-state index contributed by atoms with van der Waals surface area (Å²) in [5.41, 5.74) is 13.0. The Bertz CT molecular complexity index is 2160. The van der Waals surface area contributed by atoms with Gasteiger partial charge in [0.05, 0.1) is 18.7 Å². The lowest BCUT2D eigenvalue weighted by Gasteiger charge is -2.24. The molecule has 0 bridgehead atoms. The number of unbranched alkanes of at least 4 members (excludes halogenated alkanes) is 2. The van der Waals surface area contributed by atoms with E-state index in [1.54, 1.807) is 22.8 Å². The molecule has 3 amide bonds. The van der Waals surface area contributed by atoms with Gasteiger partial charge in [-0.25, -0.2) is 4.79 Å². The maximum absolute atomic E-state index is 14.0. The number of aromatic nitrogens is 1. The SMILES string of the molecule is CCCCn1c(=O)cc(C)c2ccc(NC(=O)[C@H](CCCCN)NC(=O)[C@H](COCc3ccccc3)NC(=O)OCC3c4ccccc4-c4ccccc43)cc21. The molecule has 11 heteroatoms. The molecule has 4 aromatic carbocycles. The predicted octanol–water partition coefficient (Wildman–Crippen LogP) is 6.79. The second-order valence-corrected chi connectivity index (χ2v) is 14.3. The largest absolute Gasteiger partial charge is 0.449 e. The van der Waals surface area contributed by atoms with Gasteiger partial charge in [0.2, 0.25) is 11.8 Å². The summed E-state index contributed by atoms with van der Waals surface area (Å²) in [6, 6.07) is 30.6. The number of benzene rings is 4. The van der Waals surface area contributed by atoms with E-state index in [2.05, 4.69) is 35.0 Å². The molecule has 5 aromatic rings. The topological polar surface area (TPSA) is 154 Å². The van der Waals surface area contributed by atoms with Crippen LogP contribution in [0, 0.1) is 6.92 Å². The number of carbonyl (C=O) groups excluding carboxylic acids is 3. The first-order valence-corrected chi connectivity index (χ1v) is 19.5. The summed E-state index contributed by atoms with van der Waals surface area (Å²) in [6.45, 7) is 5.07. The van der Waals surface area contributed by atoms with Gasteiger partial charge in [0.15, 0.2) is 0 Å². The van der Waals surface area contributed by atoms with Gasteiger partial charge in [-0.15, -0.1) is 0 Å². The molecule has 0 saturated heterocycles. The molecule has 1 aromatic heterocycles. The number of anilines is 1. The van der Waals surface area contributed by atoms with Crippen LogP contribution >= 0.6 is 0 Å². The minimum Gasteiger partial charge on any atom is -0.449 e. The standard InChI is InChI=1S/C45H51N5O6/c1-3-4-24-50-41-26-32(21-22-33(41)30(2)25-42(50)51)47-43(52)39(20-12-13-23-46)48-44(53)40(29-55-27-31-14-6-5-7-15-31)49-45(54)56-28-38-36-18-10-8-16-34(36)35-17-9-11-19-37(35)38/h5-11,14-19,21-22,25-26,38-40H,3-4,12-13,20,23-24,27-29,46H2,1-2H3,(H,47,52)(H,48,53)(H,49,54)/t39-,40-/m0/s1. The Kier molecular flexibility index (Phi) is 13.7. The summed E-state index contributed by atoms with van der Waals surface area (Å²) in [5, 5.41) is 9.46. The minimum atomic E-state index is -1.17. The predicted molar refractivity (Wildman–Crippen MR) is 219 cm³/mol. The second kappa shape index (κ2) is 19.2. The van der Waals surface area contributed by atoms with Crippen LogP contribution in [-0.4, -0.2) is 54.3 Å². The van der Waals surface area contributed by atoms with Crippen LogP contribution in [0.1, 0.15) is 67.2 Å². The molecule has 11 nitrogen and oxygen atoms in total. The molecule has 0 spiro atoms. The monoisotopic (exact) mass is 757 g/mol. The van der Waals surface area contributed by atoms with Crippen molar-refractivity contribution >= 4 is 34.5 Å². The molecule has 2 atom stereocenters. The zero-order valence-electron chi connectivity index (χ0n) is 32.1. The average molecular weight is 758 g/mol. The molecule has 1 heterocycles. The Morgan fingerprint density at radius 2 is 1.50 bits per heavy atom. The van der Waals surface area contributed by atoms with Gasteiger partial charge in [0.1, 0.15) is 18.7 Å². The summed E-state index contributed by atoms with van der Waals surface area (Å²) < 4.78 is 13.4. The van der Waals surface area contributed by atoms with Crippen molar-refractivity contribution in [1.82, 2.24) is 15.2 Å². The van der Waals surface area contributed by atoms with E-state index in [1.807, 2.05) is 79.7 Å². The van der Waals surface area contributed by atoms with E-state index in [-0.39, 0.29) is 31.3 Å². The second-order valence-electron chi connectivity index (χ2n) is 14.3. The normalized spacial score (nSPS) is 13.1. The Labute approximate surface area is 327 Å². The van der Waals surface area contributed by atoms with Crippen molar-refractivity contribution in [3.05, 3.63) is 136 Å². The molecule has 292 valence electrons. The third-order valence-electron chi connectivity index (χ3n) is 10.3. The maximum atomic E-state index is 14.0. The van der Waals surface area contributed by atoms with Crippen molar-refractivity contribution in [3.8, 4) is 11.1 Å². The molecule has 0 radical (unpaired) electrons. The Balaban J connectivity index is 1.17. The van der Waals surface area contributed by atoms with Gasteiger partial charge >= 0.3 is 6.09 Å². The van der Waals surface area contributed by atoms with Crippen LogP contribution in [-0.2, 0) is 32.2 Å². The summed E-state index contributed by atoms with van der Waals surface area (Å²) in [7, 11) is 0. The van der Waals surface area contributed by atoms with Crippen molar-refractivity contribution in [1.29, 1.82) is 0 Å². The van der Waals surface area contributed by atoms with E-state index in [9.17, 15) is 19.2 Å². The number of alkyl carbamates (subject to hydrolysis) is 1. The van der Waals surface area contributed by atoms with E-state index in [4.69, 9.17) is 15.2 Å². The van der Waals surface area contributed by atoms with Gasteiger partial charge in [-0.3, -0.25) is 14.4 Å². The third-order valence-corrected chi connectivity index (χ3v) is 10.3. The number of carbonyl (C=O) groups is 3. The average Bonchev–Trinajstić information content (AvgIpc) is 3.53. The van der Waals surface area contributed by atoms with Gasteiger partial charge in [0, 0.05) is 29.6 Å². The first kappa shape index (κ1) is 39.9. The summed E-state index contributed by atoms with van der Waals surface area (Å²) >= 11 is 0. The summed E-state index contributed by atoms with van der Waals surface area (Å²) in [4.78, 5) is 54.2. The Morgan fingerprint density at radius 1 is 0.804 bits per heavy atom. The van der Waals surface area contributed by atoms with Crippen LogP contribution < -0.4 is 27.2 Å². The smallest absolute Gasteiger partial charge is 0.407 e. The lowest BCUT2D eigenvalue weighted by Crippen LogP contribution is -2.54. The molecule has 0 saturated carbocycles. The fourth-order valence-electron chi connectivity index (χ4n) is 7.27. The first-order valence-electron chi connectivity index (χ1n) is 19.5. The zero-order chi connectivity index (χ0) is 39.4. The van der Waals surface area contributed by atoms with Gasteiger partial charge in [-0.1, -0.05) is 98.3 Å². The van der Waals surface area contributed by atoms with Crippen LogP contribution in [0.5, 0.6) is 0 Å². The number of amides is 3. The van der Waals surface area contributed by atoms with Crippen molar-refractivity contribution in [2.24, 2.45) is 5.73 Å². The molecular formula is C45H51N5O6. The van der Waals surface area contributed by atoms with Gasteiger partial charge in [-0.2, -0.15) is 0 Å². The number of rotatable bonds is 18. The fraction of sp³-hybridized carbons (Fsp3) is 0.333. The van der Waals surface area contributed by atoms with E-state index in [1.165, 1.54) is 0 Å². The molecule has 1 aliphatic carbocycles. The number of nitrogens with zero attached hydrogens (tertiary/aromatic N) is 1. The summed E-state index contributed by atoms with van der Waals surface area (Å²) in [5.74, 6) is -1.19.